The Kier molecular flexibility index (Phi) is 4.17. The Morgan fingerprint density at radius 1 is 1.29 bits per heavy atom. The first-order valence-corrected chi connectivity index (χ1v) is 7.31. The number of morpholine rings is 1. The monoisotopic (exact) mass is 333 g/mol. The molecule has 1 aromatic carbocycles. The number of carbonyl (C=O) groups is 2. The molecular formula is C15H15N3O6. The third-order valence-corrected chi connectivity index (χ3v) is 3.88. The molecule has 126 valence electrons. The lowest BCUT2D eigenvalue weighted by Crippen LogP contribution is -2.51. The normalized spacial score (nSPS) is 17.8. The zero-order chi connectivity index (χ0) is 17.3. The molecule has 0 unspecified atom stereocenters. The van der Waals surface area contributed by atoms with Crippen LogP contribution in [0, 0.1) is 0 Å². The third-order valence-electron chi connectivity index (χ3n) is 3.88. The molecule has 0 bridgehead atoms. The van der Waals surface area contributed by atoms with E-state index in [2.05, 4.69) is 4.98 Å². The van der Waals surface area contributed by atoms with Gasteiger partial charge < -0.3 is 19.7 Å². The molecule has 1 atom stereocenters. The van der Waals surface area contributed by atoms with E-state index in [0.717, 1.165) is 4.57 Å². The highest BCUT2D eigenvalue weighted by molar-refractivity contribution is 5.80. The minimum atomic E-state index is -1.16. The van der Waals surface area contributed by atoms with Crippen LogP contribution in [0.15, 0.2) is 33.9 Å². The summed E-state index contributed by atoms with van der Waals surface area (Å²) in [5.41, 5.74) is -0.852. The summed E-state index contributed by atoms with van der Waals surface area (Å²) < 4.78 is 5.86. The van der Waals surface area contributed by atoms with Crippen LogP contribution in [0.4, 0.5) is 0 Å². The number of aromatic nitrogens is 2. The van der Waals surface area contributed by atoms with Gasteiger partial charge in [-0.05, 0) is 12.1 Å². The number of H-pyrrole nitrogens is 1. The summed E-state index contributed by atoms with van der Waals surface area (Å²) in [5.74, 6) is -1.67. The van der Waals surface area contributed by atoms with Crippen molar-refractivity contribution in [2.45, 2.75) is 12.6 Å². The van der Waals surface area contributed by atoms with Crippen molar-refractivity contribution in [1.29, 1.82) is 0 Å². The van der Waals surface area contributed by atoms with Crippen LogP contribution < -0.4 is 11.2 Å². The molecule has 9 heteroatoms. The molecule has 3 rings (SSSR count). The van der Waals surface area contributed by atoms with Gasteiger partial charge in [0.2, 0.25) is 5.91 Å². The minimum absolute atomic E-state index is 0.0890. The Labute approximate surface area is 135 Å². The second kappa shape index (κ2) is 6.28. The lowest BCUT2D eigenvalue weighted by molar-refractivity contribution is -0.159. The van der Waals surface area contributed by atoms with Crippen molar-refractivity contribution >= 4 is 22.8 Å². The van der Waals surface area contributed by atoms with E-state index in [1.54, 1.807) is 24.3 Å². The zero-order valence-electron chi connectivity index (χ0n) is 12.6. The van der Waals surface area contributed by atoms with Crippen LogP contribution in [0.25, 0.3) is 10.9 Å². The van der Waals surface area contributed by atoms with Crippen molar-refractivity contribution < 1.29 is 19.4 Å². The van der Waals surface area contributed by atoms with E-state index in [-0.39, 0.29) is 19.7 Å². The van der Waals surface area contributed by atoms with Crippen molar-refractivity contribution in [1.82, 2.24) is 14.5 Å². The largest absolute Gasteiger partial charge is 0.479 e. The number of ether oxygens (including phenoxy) is 1. The Bertz CT molecular complexity index is 915. The number of nitrogens with zero attached hydrogens (tertiary/aromatic N) is 2. The quantitative estimate of drug-likeness (QED) is 0.743. The number of benzene rings is 1. The Balaban J connectivity index is 1.87. The molecular weight excluding hydrogens is 318 g/mol. The molecule has 9 nitrogen and oxygen atoms in total. The van der Waals surface area contributed by atoms with E-state index < -0.39 is 35.8 Å². The first kappa shape index (κ1) is 15.9. The van der Waals surface area contributed by atoms with Crippen LogP contribution >= 0.6 is 0 Å². The molecule has 0 spiro atoms. The zero-order valence-corrected chi connectivity index (χ0v) is 12.6. The van der Waals surface area contributed by atoms with Crippen molar-refractivity contribution in [2.75, 3.05) is 19.7 Å². The van der Waals surface area contributed by atoms with Gasteiger partial charge in [0.05, 0.1) is 24.1 Å². The van der Waals surface area contributed by atoms with E-state index in [0.29, 0.717) is 10.9 Å². The highest BCUT2D eigenvalue weighted by atomic mass is 16.5. The summed E-state index contributed by atoms with van der Waals surface area (Å²) in [4.78, 5) is 51.6. The molecule has 1 saturated heterocycles. The Morgan fingerprint density at radius 2 is 2.04 bits per heavy atom. The average molecular weight is 333 g/mol. The Hall–Kier alpha value is -2.94. The van der Waals surface area contributed by atoms with Gasteiger partial charge in [0, 0.05) is 6.54 Å². The Morgan fingerprint density at radius 3 is 2.79 bits per heavy atom. The number of amides is 1. The van der Waals surface area contributed by atoms with Gasteiger partial charge in [-0.3, -0.25) is 14.2 Å². The van der Waals surface area contributed by atoms with Crippen molar-refractivity contribution in [3.63, 3.8) is 0 Å². The first-order valence-electron chi connectivity index (χ1n) is 7.31. The highest BCUT2D eigenvalue weighted by Gasteiger charge is 2.29. The van der Waals surface area contributed by atoms with Crippen LogP contribution in [0.5, 0.6) is 0 Å². The van der Waals surface area contributed by atoms with Gasteiger partial charge in [-0.15, -0.1) is 0 Å². The fourth-order valence-corrected chi connectivity index (χ4v) is 2.60. The summed E-state index contributed by atoms with van der Waals surface area (Å²) in [5, 5.41) is 9.26. The summed E-state index contributed by atoms with van der Waals surface area (Å²) in [7, 11) is 0. The highest BCUT2D eigenvalue weighted by Crippen LogP contribution is 2.07. The van der Waals surface area contributed by atoms with Crippen LogP contribution in [-0.2, 0) is 20.9 Å². The number of aliphatic carboxylic acids is 1. The number of carboxylic acids is 1. The standard InChI is InChI=1S/C15H15N3O6/c19-12(17-5-6-24-11(7-17)14(21)22)8-18-13(20)9-3-1-2-4-10(9)16-15(18)23/h1-4,11H,5-8H2,(H,16,23)(H,21,22)/t11-/m1/s1. The van der Waals surface area contributed by atoms with Gasteiger partial charge in [0.25, 0.3) is 5.56 Å². The second-order valence-corrected chi connectivity index (χ2v) is 5.40. The average Bonchev–Trinajstić information content (AvgIpc) is 2.58. The fraction of sp³-hybridized carbons (Fsp3) is 0.333. The number of hydrogen-bond donors (Lipinski definition) is 2. The minimum Gasteiger partial charge on any atom is -0.479 e. The number of nitrogens with one attached hydrogen (secondary N) is 1. The summed E-state index contributed by atoms with van der Waals surface area (Å²) >= 11 is 0. The molecule has 2 heterocycles. The molecule has 1 aliphatic heterocycles. The lowest BCUT2D eigenvalue weighted by atomic mass is 10.2. The van der Waals surface area contributed by atoms with Gasteiger partial charge in [-0.1, -0.05) is 12.1 Å². The molecule has 1 aromatic heterocycles. The summed E-state index contributed by atoms with van der Waals surface area (Å²) in [6.07, 6.45) is -1.10. The summed E-state index contributed by atoms with van der Waals surface area (Å²) in [6, 6.07) is 6.51. The van der Waals surface area contributed by atoms with Crippen molar-refractivity contribution in [3.8, 4) is 0 Å². The van der Waals surface area contributed by atoms with Gasteiger partial charge in [0.1, 0.15) is 6.54 Å². The number of fused-ring (bicyclic) bond motifs is 1. The van der Waals surface area contributed by atoms with E-state index in [1.807, 2.05) is 0 Å². The molecule has 1 fully saturated rings. The molecule has 2 N–H and O–H groups in total. The first-order chi connectivity index (χ1) is 11.5. The molecule has 2 aromatic rings. The maximum Gasteiger partial charge on any atom is 0.334 e. The van der Waals surface area contributed by atoms with Gasteiger partial charge in [-0.25, -0.2) is 9.59 Å². The smallest absolute Gasteiger partial charge is 0.334 e. The topological polar surface area (TPSA) is 122 Å². The molecule has 24 heavy (non-hydrogen) atoms. The number of carbonyl (C=O) groups excluding carboxylic acids is 1. The third kappa shape index (κ3) is 2.93. The second-order valence-electron chi connectivity index (χ2n) is 5.40. The van der Waals surface area contributed by atoms with Crippen LogP contribution in [-0.4, -0.2) is 57.2 Å². The molecule has 0 radical (unpaired) electrons. The number of para-hydroxylation sites is 1. The molecule has 1 aliphatic rings. The van der Waals surface area contributed by atoms with E-state index in [9.17, 15) is 19.2 Å². The van der Waals surface area contributed by atoms with Crippen LogP contribution in [0.1, 0.15) is 0 Å². The molecule has 0 saturated carbocycles. The van der Waals surface area contributed by atoms with Gasteiger partial charge in [0.15, 0.2) is 6.10 Å². The predicted molar refractivity (Wildman–Crippen MR) is 82.8 cm³/mol. The predicted octanol–water partition coefficient (Wildman–Crippen LogP) is -0.998. The summed E-state index contributed by atoms with van der Waals surface area (Å²) in [6.45, 7) is -0.270. The molecule has 1 amide bonds. The maximum absolute atomic E-state index is 12.4. The number of carboxylic acid groups (broad SMARTS) is 1. The molecule has 0 aliphatic carbocycles. The van der Waals surface area contributed by atoms with Crippen molar-refractivity contribution in [2.24, 2.45) is 0 Å². The lowest BCUT2D eigenvalue weighted by Gasteiger charge is -2.30. The fourth-order valence-electron chi connectivity index (χ4n) is 2.60. The van der Waals surface area contributed by atoms with Crippen LogP contribution in [0.2, 0.25) is 0 Å². The van der Waals surface area contributed by atoms with E-state index >= 15 is 0 Å². The van der Waals surface area contributed by atoms with Crippen molar-refractivity contribution in [3.05, 3.63) is 45.1 Å². The maximum atomic E-state index is 12.4. The number of aromatic amines is 1. The van der Waals surface area contributed by atoms with Gasteiger partial charge in [-0.2, -0.15) is 0 Å². The van der Waals surface area contributed by atoms with Crippen LogP contribution in [0.3, 0.4) is 0 Å². The van der Waals surface area contributed by atoms with E-state index in [4.69, 9.17) is 9.84 Å². The van der Waals surface area contributed by atoms with Gasteiger partial charge >= 0.3 is 11.7 Å². The number of hydrogen-bond acceptors (Lipinski definition) is 5. The number of rotatable bonds is 3. The van der Waals surface area contributed by atoms with E-state index in [1.165, 1.54) is 4.90 Å². The SMILES string of the molecule is O=C(O)[C@H]1CN(C(=O)Cn2c(=O)[nH]c3ccccc3c2=O)CCO1.